The maximum Gasteiger partial charge on any atom is 0.257 e. The third-order valence-electron chi connectivity index (χ3n) is 5.18. The second-order valence-corrected chi connectivity index (χ2v) is 6.73. The van der Waals surface area contributed by atoms with Crippen molar-refractivity contribution in [2.75, 3.05) is 46.5 Å². The van der Waals surface area contributed by atoms with Gasteiger partial charge in [-0.1, -0.05) is 12.1 Å². The number of hydrogen-bond donors (Lipinski definition) is 1. The van der Waals surface area contributed by atoms with Gasteiger partial charge in [-0.15, -0.1) is 0 Å². The third-order valence-corrected chi connectivity index (χ3v) is 5.18. The van der Waals surface area contributed by atoms with Gasteiger partial charge >= 0.3 is 0 Å². The Labute approximate surface area is 149 Å². The van der Waals surface area contributed by atoms with E-state index in [0.717, 1.165) is 32.4 Å². The summed E-state index contributed by atoms with van der Waals surface area (Å²) in [5, 5.41) is 10.1. The van der Waals surface area contributed by atoms with Gasteiger partial charge in [0.2, 0.25) is 0 Å². The average Bonchev–Trinajstić information content (AvgIpc) is 3.08. The maximum atomic E-state index is 12.9. The van der Waals surface area contributed by atoms with Crippen molar-refractivity contribution in [2.24, 2.45) is 0 Å². The second-order valence-electron chi connectivity index (χ2n) is 6.73. The molecule has 2 atom stereocenters. The number of ether oxygens (including phenoxy) is 2. The predicted molar refractivity (Wildman–Crippen MR) is 94.9 cm³/mol. The second kappa shape index (κ2) is 8.65. The highest BCUT2D eigenvalue weighted by molar-refractivity contribution is 5.97. The molecule has 1 saturated heterocycles. The zero-order valence-corrected chi connectivity index (χ0v) is 14.9. The van der Waals surface area contributed by atoms with Crippen LogP contribution in [0.2, 0.25) is 0 Å². The van der Waals surface area contributed by atoms with Crippen LogP contribution in [0.25, 0.3) is 0 Å². The molecule has 1 saturated carbocycles. The standard InChI is InChI=1S/C19H28N2O4/c1-24-13-14-25-18-8-3-2-5-15(18)19(23)21-11-9-20(10-12-21)16-6-4-7-17(16)22/h2-3,5,8,16-17,22H,4,6-7,9-14H2,1H3/t16-,17+/m1/s1. The van der Waals surface area contributed by atoms with Crippen LogP contribution in [-0.4, -0.2) is 79.5 Å². The SMILES string of the molecule is COCCOc1ccccc1C(=O)N1CCN([C@@H]2CCC[C@@H]2O)CC1. The van der Waals surface area contributed by atoms with E-state index in [-0.39, 0.29) is 18.1 Å². The number of carbonyl (C=O) groups is 1. The fraction of sp³-hybridized carbons (Fsp3) is 0.632. The smallest absolute Gasteiger partial charge is 0.257 e. The first-order valence-corrected chi connectivity index (χ1v) is 9.13. The Balaban J connectivity index is 1.59. The lowest BCUT2D eigenvalue weighted by Gasteiger charge is -2.39. The van der Waals surface area contributed by atoms with Crippen LogP contribution >= 0.6 is 0 Å². The fourth-order valence-corrected chi connectivity index (χ4v) is 3.78. The molecule has 1 aromatic carbocycles. The van der Waals surface area contributed by atoms with Crippen molar-refractivity contribution >= 4 is 5.91 Å². The average molecular weight is 348 g/mol. The number of aliphatic hydroxyl groups is 1. The van der Waals surface area contributed by atoms with Crippen molar-refractivity contribution in [3.8, 4) is 5.75 Å². The minimum Gasteiger partial charge on any atom is -0.490 e. The summed E-state index contributed by atoms with van der Waals surface area (Å²) in [5.74, 6) is 0.623. The van der Waals surface area contributed by atoms with E-state index in [1.165, 1.54) is 0 Å². The molecule has 2 fully saturated rings. The molecular formula is C19H28N2O4. The predicted octanol–water partition coefficient (Wildman–Crippen LogP) is 1.38. The Morgan fingerprint density at radius 3 is 2.60 bits per heavy atom. The Morgan fingerprint density at radius 1 is 1.16 bits per heavy atom. The molecule has 2 aliphatic rings. The number of hydrogen-bond acceptors (Lipinski definition) is 5. The summed E-state index contributed by atoms with van der Waals surface area (Å²) in [4.78, 5) is 17.1. The van der Waals surface area contributed by atoms with E-state index in [1.807, 2.05) is 29.2 Å². The first-order valence-electron chi connectivity index (χ1n) is 9.13. The van der Waals surface area contributed by atoms with Gasteiger partial charge in [-0.2, -0.15) is 0 Å². The summed E-state index contributed by atoms with van der Waals surface area (Å²) in [7, 11) is 1.63. The van der Waals surface area contributed by atoms with Crippen LogP contribution in [-0.2, 0) is 4.74 Å². The number of rotatable bonds is 6. The summed E-state index contributed by atoms with van der Waals surface area (Å²) in [5.41, 5.74) is 0.605. The minimum atomic E-state index is -0.211. The van der Waals surface area contributed by atoms with Crippen molar-refractivity contribution in [2.45, 2.75) is 31.4 Å². The summed E-state index contributed by atoms with van der Waals surface area (Å²) in [6, 6.07) is 7.65. The van der Waals surface area contributed by atoms with E-state index in [4.69, 9.17) is 9.47 Å². The lowest BCUT2D eigenvalue weighted by molar-refractivity contribution is 0.0313. The topological polar surface area (TPSA) is 62.2 Å². The highest BCUT2D eigenvalue weighted by Crippen LogP contribution is 2.26. The molecule has 1 N–H and O–H groups in total. The normalized spacial score (nSPS) is 24.5. The maximum absolute atomic E-state index is 12.9. The zero-order chi connectivity index (χ0) is 17.6. The first kappa shape index (κ1) is 18.2. The van der Waals surface area contributed by atoms with Crippen molar-refractivity contribution in [1.29, 1.82) is 0 Å². The summed E-state index contributed by atoms with van der Waals surface area (Å²) >= 11 is 0. The molecular weight excluding hydrogens is 320 g/mol. The van der Waals surface area contributed by atoms with Gasteiger partial charge in [-0.05, 0) is 31.4 Å². The zero-order valence-electron chi connectivity index (χ0n) is 14.9. The molecule has 1 aliphatic heterocycles. The van der Waals surface area contributed by atoms with Crippen molar-refractivity contribution in [3.05, 3.63) is 29.8 Å². The van der Waals surface area contributed by atoms with Gasteiger partial charge in [-0.25, -0.2) is 0 Å². The Bertz CT molecular complexity index is 572. The Hall–Kier alpha value is -1.63. The van der Waals surface area contributed by atoms with Gasteiger partial charge in [0.25, 0.3) is 5.91 Å². The van der Waals surface area contributed by atoms with Crippen molar-refractivity contribution in [1.82, 2.24) is 9.80 Å². The molecule has 3 rings (SSSR count). The van der Waals surface area contributed by atoms with E-state index in [1.54, 1.807) is 7.11 Å². The largest absolute Gasteiger partial charge is 0.490 e. The number of amides is 1. The molecule has 0 unspecified atom stereocenters. The molecule has 25 heavy (non-hydrogen) atoms. The number of piperazine rings is 1. The molecule has 0 bridgehead atoms. The summed E-state index contributed by atoms with van der Waals surface area (Å²) in [6.07, 6.45) is 2.84. The molecule has 1 amide bonds. The first-order chi connectivity index (χ1) is 12.2. The number of nitrogens with zero attached hydrogens (tertiary/aromatic N) is 2. The molecule has 1 heterocycles. The van der Waals surface area contributed by atoms with Crippen LogP contribution < -0.4 is 4.74 Å². The van der Waals surface area contributed by atoms with Crippen LogP contribution in [0.1, 0.15) is 29.6 Å². The lowest BCUT2D eigenvalue weighted by Crippen LogP contribution is -2.53. The quantitative estimate of drug-likeness (QED) is 0.787. The number of methoxy groups -OCH3 is 1. The minimum absolute atomic E-state index is 0.0136. The van der Waals surface area contributed by atoms with E-state index in [9.17, 15) is 9.90 Å². The molecule has 0 spiro atoms. The summed E-state index contributed by atoms with van der Waals surface area (Å²) < 4.78 is 10.7. The van der Waals surface area contributed by atoms with Crippen LogP contribution in [0.5, 0.6) is 5.75 Å². The highest BCUT2D eigenvalue weighted by Gasteiger charge is 2.33. The van der Waals surface area contributed by atoms with Crippen LogP contribution in [0.15, 0.2) is 24.3 Å². The molecule has 138 valence electrons. The van der Waals surface area contributed by atoms with E-state index >= 15 is 0 Å². The lowest BCUT2D eigenvalue weighted by atomic mass is 10.1. The number of benzene rings is 1. The van der Waals surface area contributed by atoms with Gasteiger partial charge in [-0.3, -0.25) is 9.69 Å². The van der Waals surface area contributed by atoms with Crippen molar-refractivity contribution in [3.63, 3.8) is 0 Å². The fourth-order valence-electron chi connectivity index (χ4n) is 3.78. The molecule has 6 heteroatoms. The van der Waals surface area contributed by atoms with Crippen molar-refractivity contribution < 1.29 is 19.4 Å². The van der Waals surface area contributed by atoms with Gasteiger partial charge in [0.15, 0.2) is 0 Å². The van der Waals surface area contributed by atoms with Gasteiger partial charge in [0, 0.05) is 39.3 Å². The molecule has 1 aliphatic carbocycles. The van der Waals surface area contributed by atoms with Gasteiger partial charge in [0.05, 0.1) is 18.3 Å². The van der Waals surface area contributed by atoms with E-state index < -0.39 is 0 Å². The molecule has 6 nitrogen and oxygen atoms in total. The molecule has 0 aromatic heterocycles. The number of aliphatic hydroxyl groups excluding tert-OH is 1. The third kappa shape index (κ3) is 4.32. The summed E-state index contributed by atoms with van der Waals surface area (Å²) in [6.45, 7) is 3.93. The van der Waals surface area contributed by atoms with Gasteiger partial charge < -0.3 is 19.5 Å². The Morgan fingerprint density at radius 2 is 1.92 bits per heavy atom. The van der Waals surface area contributed by atoms with Crippen LogP contribution in [0, 0.1) is 0 Å². The monoisotopic (exact) mass is 348 g/mol. The van der Waals surface area contributed by atoms with Crippen LogP contribution in [0.3, 0.4) is 0 Å². The number of carbonyl (C=O) groups excluding carboxylic acids is 1. The highest BCUT2D eigenvalue weighted by atomic mass is 16.5. The van der Waals surface area contributed by atoms with Crippen LogP contribution in [0.4, 0.5) is 0 Å². The van der Waals surface area contributed by atoms with E-state index in [0.29, 0.717) is 37.6 Å². The molecule has 0 radical (unpaired) electrons. The van der Waals surface area contributed by atoms with Gasteiger partial charge in [0.1, 0.15) is 12.4 Å². The van der Waals surface area contributed by atoms with E-state index in [2.05, 4.69) is 4.90 Å². The number of para-hydroxylation sites is 1. The Kier molecular flexibility index (Phi) is 6.29. The molecule has 1 aromatic rings.